The van der Waals surface area contributed by atoms with Gasteiger partial charge in [0.25, 0.3) is 0 Å². The lowest BCUT2D eigenvalue weighted by Crippen LogP contribution is -2.27. The average molecular weight is 278 g/mol. The van der Waals surface area contributed by atoms with Crippen molar-refractivity contribution >= 4 is 17.9 Å². The highest BCUT2D eigenvalue weighted by atomic mass is 16.6. The number of carboxylic acid groups (broad SMARTS) is 1. The van der Waals surface area contributed by atoms with Gasteiger partial charge in [0.05, 0.1) is 5.92 Å². The van der Waals surface area contributed by atoms with Crippen molar-refractivity contribution in [1.82, 2.24) is 4.98 Å². The van der Waals surface area contributed by atoms with E-state index in [9.17, 15) is 9.59 Å². The lowest BCUT2D eigenvalue weighted by atomic mass is 10.1. The van der Waals surface area contributed by atoms with Crippen LogP contribution in [0.1, 0.15) is 38.7 Å². The van der Waals surface area contributed by atoms with Crippen LogP contribution in [0.4, 0.5) is 10.6 Å². The maximum absolute atomic E-state index is 11.5. The Labute approximate surface area is 117 Å². The number of pyridine rings is 1. The van der Waals surface area contributed by atoms with E-state index in [1.807, 2.05) is 0 Å². The van der Waals surface area contributed by atoms with Gasteiger partial charge in [0.1, 0.15) is 11.4 Å². The second-order valence-corrected chi connectivity index (χ2v) is 5.89. The Kier molecular flexibility index (Phi) is 3.65. The van der Waals surface area contributed by atoms with Crippen LogP contribution < -0.4 is 5.32 Å². The van der Waals surface area contributed by atoms with E-state index < -0.39 is 17.7 Å². The third-order valence-electron chi connectivity index (χ3n) is 2.95. The number of aromatic nitrogens is 1. The van der Waals surface area contributed by atoms with Crippen LogP contribution in [0.25, 0.3) is 0 Å². The highest BCUT2D eigenvalue weighted by molar-refractivity contribution is 5.83. The zero-order chi connectivity index (χ0) is 14.9. The molecule has 1 amide bonds. The third-order valence-corrected chi connectivity index (χ3v) is 2.95. The smallest absolute Gasteiger partial charge is 0.413 e. The molecule has 0 aliphatic heterocycles. The molecule has 0 saturated heterocycles. The molecule has 0 radical (unpaired) electrons. The molecule has 1 saturated carbocycles. The van der Waals surface area contributed by atoms with Gasteiger partial charge >= 0.3 is 12.1 Å². The van der Waals surface area contributed by atoms with Crippen molar-refractivity contribution in [3.05, 3.63) is 23.9 Å². The molecular formula is C14H18N2O4. The molecule has 0 aromatic carbocycles. The number of amides is 1. The second kappa shape index (κ2) is 5.11. The number of carboxylic acids is 1. The molecule has 6 heteroatoms. The number of hydrogen-bond donors (Lipinski definition) is 2. The quantitative estimate of drug-likeness (QED) is 0.887. The second-order valence-electron chi connectivity index (χ2n) is 5.89. The fourth-order valence-electron chi connectivity index (χ4n) is 1.94. The van der Waals surface area contributed by atoms with Gasteiger partial charge < -0.3 is 9.84 Å². The first-order valence-electron chi connectivity index (χ1n) is 6.45. The molecular weight excluding hydrogens is 260 g/mol. The molecule has 0 spiro atoms. The van der Waals surface area contributed by atoms with E-state index in [2.05, 4.69) is 10.3 Å². The van der Waals surface area contributed by atoms with Crippen LogP contribution in [-0.4, -0.2) is 27.8 Å². The Bertz CT molecular complexity index is 519. The van der Waals surface area contributed by atoms with E-state index in [0.717, 1.165) is 5.56 Å². The molecule has 0 bridgehead atoms. The molecule has 1 aromatic heterocycles. The number of rotatable bonds is 3. The molecule has 2 rings (SSSR count). The van der Waals surface area contributed by atoms with Gasteiger partial charge in [0.2, 0.25) is 0 Å². The summed E-state index contributed by atoms with van der Waals surface area (Å²) < 4.78 is 5.11. The average Bonchev–Trinajstić information content (AvgIpc) is 3.07. The highest BCUT2D eigenvalue weighted by Gasteiger charge is 2.44. The number of carbonyl (C=O) groups excluding carboxylic acids is 1. The van der Waals surface area contributed by atoms with Crippen LogP contribution in [0, 0.1) is 5.92 Å². The molecule has 1 aromatic rings. The maximum atomic E-state index is 11.5. The Hall–Kier alpha value is -2.11. The van der Waals surface area contributed by atoms with Crippen molar-refractivity contribution in [3.8, 4) is 0 Å². The van der Waals surface area contributed by atoms with Gasteiger partial charge in [-0.1, -0.05) is 6.07 Å². The summed E-state index contributed by atoms with van der Waals surface area (Å²) in [6.45, 7) is 5.34. The molecule has 2 atom stereocenters. The van der Waals surface area contributed by atoms with Crippen molar-refractivity contribution in [3.63, 3.8) is 0 Å². The van der Waals surface area contributed by atoms with Crippen molar-refractivity contribution in [2.45, 2.75) is 38.7 Å². The Morgan fingerprint density at radius 2 is 2.10 bits per heavy atom. The SMILES string of the molecule is CC(C)(C)OC(=O)Nc1ccc([C@H]2C[C@@H]2C(=O)O)cn1. The van der Waals surface area contributed by atoms with Gasteiger partial charge in [0, 0.05) is 6.20 Å². The molecule has 1 aliphatic carbocycles. The van der Waals surface area contributed by atoms with E-state index in [4.69, 9.17) is 9.84 Å². The Morgan fingerprint density at radius 1 is 1.40 bits per heavy atom. The maximum Gasteiger partial charge on any atom is 0.413 e. The number of carbonyl (C=O) groups is 2. The number of hydrogen-bond acceptors (Lipinski definition) is 4. The van der Waals surface area contributed by atoms with Crippen LogP contribution in [0.3, 0.4) is 0 Å². The van der Waals surface area contributed by atoms with Gasteiger partial charge in [-0.3, -0.25) is 10.1 Å². The lowest BCUT2D eigenvalue weighted by molar-refractivity contribution is -0.138. The summed E-state index contributed by atoms with van der Waals surface area (Å²) >= 11 is 0. The fourth-order valence-corrected chi connectivity index (χ4v) is 1.94. The Balaban J connectivity index is 1.93. The van der Waals surface area contributed by atoms with E-state index in [-0.39, 0.29) is 11.8 Å². The predicted octanol–water partition coefficient (Wildman–Crippen LogP) is 2.62. The summed E-state index contributed by atoms with van der Waals surface area (Å²) in [4.78, 5) is 26.4. The van der Waals surface area contributed by atoms with Crippen molar-refractivity contribution in [1.29, 1.82) is 0 Å². The van der Waals surface area contributed by atoms with Crippen molar-refractivity contribution < 1.29 is 19.4 Å². The number of nitrogens with one attached hydrogen (secondary N) is 1. The minimum absolute atomic E-state index is 0.0376. The zero-order valence-corrected chi connectivity index (χ0v) is 11.7. The fraction of sp³-hybridized carbons (Fsp3) is 0.500. The summed E-state index contributed by atoms with van der Waals surface area (Å²) in [7, 11) is 0. The Morgan fingerprint density at radius 3 is 2.55 bits per heavy atom. The minimum Gasteiger partial charge on any atom is -0.481 e. The van der Waals surface area contributed by atoms with Crippen LogP contribution in [0.2, 0.25) is 0 Å². The minimum atomic E-state index is -0.772. The van der Waals surface area contributed by atoms with Gasteiger partial charge in [-0.25, -0.2) is 9.78 Å². The van der Waals surface area contributed by atoms with Gasteiger partial charge in [-0.15, -0.1) is 0 Å². The van der Waals surface area contributed by atoms with E-state index in [1.165, 1.54) is 0 Å². The van der Waals surface area contributed by atoms with Crippen LogP contribution in [-0.2, 0) is 9.53 Å². The van der Waals surface area contributed by atoms with Crippen molar-refractivity contribution in [2.24, 2.45) is 5.92 Å². The van der Waals surface area contributed by atoms with Crippen LogP contribution in [0.5, 0.6) is 0 Å². The van der Waals surface area contributed by atoms with E-state index >= 15 is 0 Å². The molecule has 2 N–H and O–H groups in total. The van der Waals surface area contributed by atoms with Crippen LogP contribution in [0.15, 0.2) is 18.3 Å². The number of nitrogens with zero attached hydrogens (tertiary/aromatic N) is 1. The lowest BCUT2D eigenvalue weighted by Gasteiger charge is -2.19. The number of anilines is 1. The molecule has 1 fully saturated rings. The van der Waals surface area contributed by atoms with Crippen LogP contribution >= 0.6 is 0 Å². The molecule has 108 valence electrons. The van der Waals surface area contributed by atoms with Gasteiger partial charge in [0.15, 0.2) is 0 Å². The normalized spacial score (nSPS) is 21.1. The monoisotopic (exact) mass is 278 g/mol. The highest BCUT2D eigenvalue weighted by Crippen LogP contribution is 2.47. The van der Waals surface area contributed by atoms with E-state index in [1.54, 1.807) is 39.1 Å². The standard InChI is InChI=1S/C14H18N2O4/c1-14(2,3)20-13(19)16-11-5-4-8(7-15-11)9-6-10(9)12(17)18/h4-5,7,9-10H,6H2,1-3H3,(H,17,18)(H,15,16,19)/t9-,10+/m1/s1. The summed E-state index contributed by atoms with van der Waals surface area (Å²) in [5.41, 5.74) is 0.319. The molecule has 6 nitrogen and oxygen atoms in total. The molecule has 20 heavy (non-hydrogen) atoms. The molecule has 1 heterocycles. The first-order chi connectivity index (χ1) is 9.26. The third kappa shape index (κ3) is 3.69. The number of ether oxygens (including phenoxy) is 1. The number of aliphatic carboxylic acids is 1. The van der Waals surface area contributed by atoms with Gasteiger partial charge in [-0.2, -0.15) is 0 Å². The first kappa shape index (κ1) is 14.3. The summed E-state index contributed by atoms with van der Waals surface area (Å²) in [6, 6.07) is 3.43. The molecule has 1 aliphatic rings. The largest absolute Gasteiger partial charge is 0.481 e. The summed E-state index contributed by atoms with van der Waals surface area (Å²) in [5, 5.41) is 11.4. The molecule has 0 unspecified atom stereocenters. The predicted molar refractivity (Wildman–Crippen MR) is 72.6 cm³/mol. The first-order valence-corrected chi connectivity index (χ1v) is 6.45. The van der Waals surface area contributed by atoms with Crippen molar-refractivity contribution in [2.75, 3.05) is 5.32 Å². The summed E-state index contributed by atoms with van der Waals surface area (Å²) in [5.74, 6) is -0.654. The summed E-state index contributed by atoms with van der Waals surface area (Å²) in [6.07, 6.45) is 1.68. The zero-order valence-electron chi connectivity index (χ0n) is 11.7. The van der Waals surface area contributed by atoms with E-state index in [0.29, 0.717) is 12.2 Å². The van der Waals surface area contributed by atoms with Gasteiger partial charge in [-0.05, 0) is 44.7 Å². The topological polar surface area (TPSA) is 88.5 Å².